The molecule has 2 rings (SSSR count). The molecular formula is C18H26O2. The highest BCUT2D eigenvalue weighted by Crippen LogP contribution is 2.33. The predicted octanol–water partition coefficient (Wildman–Crippen LogP) is 4.54. The number of carbonyl (C=O) groups is 1. The topological polar surface area (TPSA) is 26.3 Å². The zero-order valence-electron chi connectivity index (χ0n) is 12.7. The molecule has 2 heteroatoms. The van der Waals surface area contributed by atoms with Gasteiger partial charge in [-0.3, -0.25) is 4.79 Å². The third-order valence-electron chi connectivity index (χ3n) is 4.07. The number of allylic oxidation sites excluding steroid dienone is 1. The van der Waals surface area contributed by atoms with E-state index in [0.29, 0.717) is 6.42 Å². The molecule has 1 unspecified atom stereocenters. The Bertz CT molecular complexity index is 422. The summed E-state index contributed by atoms with van der Waals surface area (Å²) in [4.78, 5) is 11.7. The monoisotopic (exact) mass is 274 g/mol. The van der Waals surface area contributed by atoms with E-state index in [1.165, 1.54) is 38.5 Å². The summed E-state index contributed by atoms with van der Waals surface area (Å²) in [5.41, 5.74) is 0.926. The van der Waals surface area contributed by atoms with Crippen LogP contribution in [0.3, 0.4) is 0 Å². The summed E-state index contributed by atoms with van der Waals surface area (Å²) in [6, 6.07) is 0. The van der Waals surface area contributed by atoms with E-state index in [1.807, 2.05) is 0 Å². The molecule has 110 valence electrons. The van der Waals surface area contributed by atoms with Crippen LogP contribution in [0.4, 0.5) is 0 Å². The first-order chi connectivity index (χ1) is 9.81. The van der Waals surface area contributed by atoms with Gasteiger partial charge in [0.1, 0.15) is 5.76 Å². The van der Waals surface area contributed by atoms with Crippen LogP contribution in [0.2, 0.25) is 0 Å². The van der Waals surface area contributed by atoms with Crippen molar-refractivity contribution < 1.29 is 9.53 Å². The number of hydrogen-bond donors (Lipinski definition) is 0. The van der Waals surface area contributed by atoms with Crippen molar-refractivity contribution in [2.45, 2.75) is 83.7 Å². The van der Waals surface area contributed by atoms with E-state index in [9.17, 15) is 4.79 Å². The van der Waals surface area contributed by atoms with Gasteiger partial charge in [0, 0.05) is 31.3 Å². The lowest BCUT2D eigenvalue weighted by molar-refractivity contribution is -0.116. The van der Waals surface area contributed by atoms with Crippen LogP contribution >= 0.6 is 0 Å². The zero-order valence-corrected chi connectivity index (χ0v) is 12.7. The Morgan fingerprint density at radius 1 is 1.15 bits per heavy atom. The number of Topliss-reactive ketones (excluding diaryl/α,β-unsaturated/α-hetero) is 1. The Morgan fingerprint density at radius 2 is 1.95 bits per heavy atom. The van der Waals surface area contributed by atoms with Gasteiger partial charge in [0.2, 0.25) is 0 Å². The Kier molecular flexibility index (Phi) is 6.18. The Labute approximate surface area is 123 Å². The number of ether oxygens (including phenoxy) is 1. The van der Waals surface area contributed by atoms with Crippen LogP contribution in [0, 0.1) is 11.8 Å². The van der Waals surface area contributed by atoms with Crippen molar-refractivity contribution in [2.24, 2.45) is 0 Å². The van der Waals surface area contributed by atoms with Crippen LogP contribution in [0.15, 0.2) is 11.3 Å². The Hall–Kier alpha value is -1.23. The first kappa shape index (κ1) is 15.2. The Balaban J connectivity index is 1.62. The summed E-state index contributed by atoms with van der Waals surface area (Å²) in [6.45, 7) is 2.24. The highest BCUT2D eigenvalue weighted by molar-refractivity contribution is 5.97. The van der Waals surface area contributed by atoms with E-state index < -0.39 is 0 Å². The zero-order chi connectivity index (χ0) is 14.2. The Morgan fingerprint density at radius 3 is 2.75 bits per heavy atom. The first-order valence-electron chi connectivity index (χ1n) is 8.21. The molecule has 0 saturated carbocycles. The summed E-state index contributed by atoms with van der Waals surface area (Å²) in [5, 5.41) is 0. The van der Waals surface area contributed by atoms with Gasteiger partial charge >= 0.3 is 0 Å². The molecule has 0 aromatic carbocycles. The standard InChI is InChI=1S/C18H26O2/c1-2-3-4-5-6-7-8-9-11-15-14-16-17(19)12-10-13-18(16)20-15/h15H,2-8,10,12-14H2,1H3. The van der Waals surface area contributed by atoms with Gasteiger partial charge in [0.25, 0.3) is 0 Å². The second-order valence-electron chi connectivity index (χ2n) is 5.83. The lowest BCUT2D eigenvalue weighted by atomic mass is 9.95. The minimum absolute atomic E-state index is 0.0536. The number of ketones is 1. The fourth-order valence-electron chi connectivity index (χ4n) is 2.88. The molecule has 0 radical (unpaired) electrons. The number of unbranched alkanes of at least 4 members (excludes halogenated alkanes) is 6. The van der Waals surface area contributed by atoms with E-state index in [2.05, 4.69) is 18.8 Å². The fraction of sp³-hybridized carbons (Fsp3) is 0.722. The molecular weight excluding hydrogens is 248 g/mol. The van der Waals surface area contributed by atoms with Crippen molar-refractivity contribution in [2.75, 3.05) is 0 Å². The molecule has 0 amide bonds. The van der Waals surface area contributed by atoms with Crippen LogP contribution in [0.25, 0.3) is 0 Å². The lowest BCUT2D eigenvalue weighted by Crippen LogP contribution is -2.07. The minimum Gasteiger partial charge on any atom is -0.481 e. The van der Waals surface area contributed by atoms with E-state index in [1.54, 1.807) is 0 Å². The number of carbonyl (C=O) groups excluding carboxylic acids is 1. The molecule has 20 heavy (non-hydrogen) atoms. The van der Waals surface area contributed by atoms with Crippen LogP contribution < -0.4 is 0 Å². The highest BCUT2D eigenvalue weighted by atomic mass is 16.5. The molecule has 0 saturated heterocycles. The highest BCUT2D eigenvalue weighted by Gasteiger charge is 2.31. The van der Waals surface area contributed by atoms with E-state index in [-0.39, 0.29) is 11.9 Å². The van der Waals surface area contributed by atoms with Crippen molar-refractivity contribution in [3.05, 3.63) is 11.3 Å². The van der Waals surface area contributed by atoms with Crippen molar-refractivity contribution >= 4 is 5.78 Å². The van der Waals surface area contributed by atoms with Crippen molar-refractivity contribution in [1.29, 1.82) is 0 Å². The van der Waals surface area contributed by atoms with Crippen molar-refractivity contribution in [3.8, 4) is 11.8 Å². The molecule has 0 aromatic heterocycles. The van der Waals surface area contributed by atoms with Gasteiger partial charge in [-0.2, -0.15) is 0 Å². The third-order valence-corrected chi connectivity index (χ3v) is 4.07. The van der Waals surface area contributed by atoms with Crippen molar-refractivity contribution in [1.82, 2.24) is 0 Å². The average Bonchev–Trinajstić information content (AvgIpc) is 2.86. The maximum atomic E-state index is 11.7. The molecule has 1 atom stereocenters. The molecule has 0 spiro atoms. The smallest absolute Gasteiger partial charge is 0.162 e. The quantitative estimate of drug-likeness (QED) is 0.525. The summed E-state index contributed by atoms with van der Waals surface area (Å²) >= 11 is 0. The maximum absolute atomic E-state index is 11.7. The molecule has 0 N–H and O–H groups in total. The van der Waals surface area contributed by atoms with E-state index in [4.69, 9.17) is 4.74 Å². The number of hydrogen-bond acceptors (Lipinski definition) is 2. The maximum Gasteiger partial charge on any atom is 0.162 e. The molecule has 0 fully saturated rings. The molecule has 2 nitrogen and oxygen atoms in total. The van der Waals surface area contributed by atoms with E-state index >= 15 is 0 Å². The van der Waals surface area contributed by atoms with Gasteiger partial charge in [0.05, 0.1) is 0 Å². The molecule has 1 heterocycles. The minimum atomic E-state index is -0.0536. The molecule has 2 aliphatic rings. The third kappa shape index (κ3) is 4.40. The molecule has 0 bridgehead atoms. The largest absolute Gasteiger partial charge is 0.481 e. The van der Waals surface area contributed by atoms with Crippen molar-refractivity contribution in [3.63, 3.8) is 0 Å². The lowest BCUT2D eigenvalue weighted by Gasteiger charge is -2.10. The van der Waals surface area contributed by atoms with Gasteiger partial charge in [-0.15, -0.1) is 0 Å². The van der Waals surface area contributed by atoms with Gasteiger partial charge in [-0.1, -0.05) is 50.9 Å². The summed E-state index contributed by atoms with van der Waals surface area (Å²) in [7, 11) is 0. The molecule has 0 aromatic rings. The second kappa shape index (κ2) is 8.15. The van der Waals surface area contributed by atoms with E-state index in [0.717, 1.165) is 37.0 Å². The summed E-state index contributed by atoms with van der Waals surface area (Å²) in [6.07, 6.45) is 12.0. The van der Waals surface area contributed by atoms with Gasteiger partial charge in [-0.25, -0.2) is 0 Å². The van der Waals surface area contributed by atoms with Crippen LogP contribution in [-0.2, 0) is 9.53 Å². The predicted molar refractivity (Wildman–Crippen MR) is 81.1 cm³/mol. The second-order valence-corrected chi connectivity index (χ2v) is 5.83. The summed E-state index contributed by atoms with van der Waals surface area (Å²) < 4.78 is 5.78. The fourth-order valence-corrected chi connectivity index (χ4v) is 2.88. The van der Waals surface area contributed by atoms with Crippen LogP contribution in [-0.4, -0.2) is 11.9 Å². The van der Waals surface area contributed by atoms with Gasteiger partial charge in [-0.05, 0) is 12.8 Å². The normalized spacial score (nSPS) is 21.2. The molecule has 1 aliphatic carbocycles. The number of rotatable bonds is 6. The van der Waals surface area contributed by atoms with Gasteiger partial charge in [0.15, 0.2) is 11.9 Å². The van der Waals surface area contributed by atoms with Gasteiger partial charge < -0.3 is 4.74 Å². The van der Waals surface area contributed by atoms with Crippen LogP contribution in [0.1, 0.15) is 77.6 Å². The average molecular weight is 274 g/mol. The molecule has 1 aliphatic heterocycles. The SMILES string of the molecule is CCCCCCCCC#CC1CC2=C(CCCC2=O)O1. The summed E-state index contributed by atoms with van der Waals surface area (Å²) in [5.74, 6) is 7.64. The first-order valence-corrected chi connectivity index (χ1v) is 8.21. The van der Waals surface area contributed by atoms with Crippen LogP contribution in [0.5, 0.6) is 0 Å².